The van der Waals surface area contributed by atoms with Gasteiger partial charge in [-0.05, 0) is 49.8 Å². The van der Waals surface area contributed by atoms with Crippen LogP contribution in [0.2, 0.25) is 5.02 Å². The summed E-state index contributed by atoms with van der Waals surface area (Å²) in [5, 5.41) is 4.25. The zero-order chi connectivity index (χ0) is 13.1. The van der Waals surface area contributed by atoms with Gasteiger partial charge in [-0.1, -0.05) is 46.1 Å². The molecule has 2 rings (SSSR count). The van der Waals surface area contributed by atoms with Crippen molar-refractivity contribution in [3.63, 3.8) is 0 Å². The Morgan fingerprint density at radius 2 is 2.22 bits per heavy atom. The van der Waals surface area contributed by atoms with E-state index in [1.165, 1.54) is 18.4 Å². The van der Waals surface area contributed by atoms with Crippen LogP contribution in [0.4, 0.5) is 5.69 Å². The quantitative estimate of drug-likeness (QED) is 0.722. The molecule has 1 aromatic rings. The first-order valence-electron chi connectivity index (χ1n) is 6.41. The van der Waals surface area contributed by atoms with Gasteiger partial charge in [0.1, 0.15) is 0 Å². The molecule has 1 aliphatic carbocycles. The molecule has 0 amide bonds. The van der Waals surface area contributed by atoms with Crippen molar-refractivity contribution in [3.05, 3.63) is 39.3 Å². The molecule has 0 heterocycles. The summed E-state index contributed by atoms with van der Waals surface area (Å²) in [4.78, 5) is 0. The molecule has 1 N–H and O–H groups in total. The fourth-order valence-corrected chi connectivity index (χ4v) is 3.47. The van der Waals surface area contributed by atoms with Gasteiger partial charge >= 0.3 is 0 Å². The van der Waals surface area contributed by atoms with Crippen LogP contribution in [0.3, 0.4) is 0 Å². The largest absolute Gasteiger partial charge is 0.384 e. The first kappa shape index (κ1) is 14.0. The Kier molecular flexibility index (Phi) is 4.74. The fourth-order valence-electron chi connectivity index (χ4n) is 2.73. The van der Waals surface area contributed by atoms with Gasteiger partial charge in [0.15, 0.2) is 0 Å². The Labute approximate surface area is 123 Å². The number of rotatable bonds is 3. The Morgan fingerprint density at radius 3 is 2.89 bits per heavy atom. The zero-order valence-electron chi connectivity index (χ0n) is 10.8. The van der Waals surface area contributed by atoms with Crippen molar-refractivity contribution in [2.24, 2.45) is 11.8 Å². The summed E-state index contributed by atoms with van der Waals surface area (Å²) in [6.45, 7) is 5.52. The van der Waals surface area contributed by atoms with Gasteiger partial charge in [0, 0.05) is 11.0 Å². The van der Waals surface area contributed by atoms with Gasteiger partial charge in [0.05, 0.1) is 10.7 Å². The lowest BCUT2D eigenvalue weighted by molar-refractivity contribution is 0.421. The molecule has 0 saturated heterocycles. The smallest absolute Gasteiger partial charge is 0.0648 e. The van der Waals surface area contributed by atoms with Crippen molar-refractivity contribution >= 4 is 33.2 Å². The van der Waals surface area contributed by atoms with E-state index in [0.29, 0.717) is 11.8 Å². The normalized spacial score (nSPS) is 23.7. The number of hydrogen-bond acceptors (Lipinski definition) is 1. The second-order valence-electron chi connectivity index (χ2n) is 5.30. The van der Waals surface area contributed by atoms with Gasteiger partial charge in [-0.2, -0.15) is 0 Å². The fraction of sp³-hybridized carbons (Fsp3) is 0.467. The van der Waals surface area contributed by atoms with Gasteiger partial charge in [0.2, 0.25) is 0 Å². The van der Waals surface area contributed by atoms with Crippen LogP contribution in [0.15, 0.2) is 34.3 Å². The number of benzene rings is 1. The molecular weight excluding hydrogens is 310 g/mol. The minimum Gasteiger partial charge on any atom is -0.384 e. The highest BCUT2D eigenvalue weighted by Gasteiger charge is 2.17. The molecule has 2 unspecified atom stereocenters. The highest BCUT2D eigenvalue weighted by atomic mass is 79.9. The van der Waals surface area contributed by atoms with Gasteiger partial charge < -0.3 is 5.32 Å². The summed E-state index contributed by atoms with van der Waals surface area (Å²) in [6, 6.07) is 5.97. The average Bonchev–Trinajstić information content (AvgIpc) is 2.26. The standard InChI is InChI=1S/C15H19BrClN/c1-10-5-11(2)7-12(6-10)9-18-15-4-3-13(16)8-14(15)17/h3-5,8,10,12,18H,6-7,9H2,1-2H3. The molecule has 1 aromatic carbocycles. The number of anilines is 1. The van der Waals surface area contributed by atoms with E-state index in [0.717, 1.165) is 21.7 Å². The molecule has 98 valence electrons. The third kappa shape index (κ3) is 3.76. The summed E-state index contributed by atoms with van der Waals surface area (Å²) in [5.41, 5.74) is 2.54. The van der Waals surface area contributed by atoms with E-state index in [9.17, 15) is 0 Å². The molecule has 18 heavy (non-hydrogen) atoms. The SMILES string of the molecule is CC1=CC(C)CC(CNc2ccc(Br)cc2Cl)C1. The Balaban J connectivity index is 1.94. The highest BCUT2D eigenvalue weighted by molar-refractivity contribution is 9.10. The molecule has 0 fully saturated rings. The van der Waals surface area contributed by atoms with E-state index in [4.69, 9.17) is 11.6 Å². The van der Waals surface area contributed by atoms with Crippen molar-refractivity contribution in [1.29, 1.82) is 0 Å². The van der Waals surface area contributed by atoms with Gasteiger partial charge in [0.25, 0.3) is 0 Å². The van der Waals surface area contributed by atoms with Crippen molar-refractivity contribution in [3.8, 4) is 0 Å². The van der Waals surface area contributed by atoms with Crippen LogP contribution in [0.5, 0.6) is 0 Å². The number of hydrogen-bond donors (Lipinski definition) is 1. The molecular formula is C15H19BrClN. The van der Waals surface area contributed by atoms with E-state index >= 15 is 0 Å². The molecule has 2 atom stereocenters. The van der Waals surface area contributed by atoms with Crippen molar-refractivity contribution < 1.29 is 0 Å². The van der Waals surface area contributed by atoms with Crippen LogP contribution in [0.25, 0.3) is 0 Å². The van der Waals surface area contributed by atoms with Crippen LogP contribution in [0.1, 0.15) is 26.7 Å². The number of nitrogens with one attached hydrogen (secondary N) is 1. The van der Waals surface area contributed by atoms with Crippen molar-refractivity contribution in [1.82, 2.24) is 0 Å². The van der Waals surface area contributed by atoms with E-state index < -0.39 is 0 Å². The third-order valence-corrected chi connectivity index (χ3v) is 4.20. The summed E-state index contributed by atoms with van der Waals surface area (Å²) in [6.07, 6.45) is 4.85. The summed E-state index contributed by atoms with van der Waals surface area (Å²) >= 11 is 9.62. The van der Waals surface area contributed by atoms with Gasteiger partial charge in [-0.3, -0.25) is 0 Å². The Hall–Kier alpha value is -0.470. The van der Waals surface area contributed by atoms with E-state index in [1.807, 2.05) is 18.2 Å². The predicted octanol–water partition coefficient (Wildman–Crippen LogP) is 5.51. The number of halogens is 2. The van der Waals surface area contributed by atoms with Crippen LogP contribution in [-0.4, -0.2) is 6.54 Å². The van der Waals surface area contributed by atoms with Crippen LogP contribution < -0.4 is 5.32 Å². The maximum absolute atomic E-state index is 6.20. The average molecular weight is 329 g/mol. The number of allylic oxidation sites excluding steroid dienone is 2. The minimum absolute atomic E-state index is 0.700. The lowest BCUT2D eigenvalue weighted by Crippen LogP contribution is -2.20. The molecule has 1 nitrogen and oxygen atoms in total. The molecule has 0 radical (unpaired) electrons. The maximum Gasteiger partial charge on any atom is 0.0648 e. The Morgan fingerprint density at radius 1 is 1.44 bits per heavy atom. The van der Waals surface area contributed by atoms with Crippen molar-refractivity contribution in [2.75, 3.05) is 11.9 Å². The first-order chi connectivity index (χ1) is 8.54. The third-order valence-electron chi connectivity index (χ3n) is 3.40. The second kappa shape index (κ2) is 6.12. The first-order valence-corrected chi connectivity index (χ1v) is 7.58. The van der Waals surface area contributed by atoms with E-state index in [-0.39, 0.29) is 0 Å². The van der Waals surface area contributed by atoms with E-state index in [1.54, 1.807) is 0 Å². The topological polar surface area (TPSA) is 12.0 Å². The van der Waals surface area contributed by atoms with Crippen molar-refractivity contribution in [2.45, 2.75) is 26.7 Å². The molecule has 0 saturated carbocycles. The maximum atomic E-state index is 6.20. The molecule has 0 aromatic heterocycles. The molecule has 0 bridgehead atoms. The van der Waals surface area contributed by atoms with Crippen LogP contribution in [-0.2, 0) is 0 Å². The van der Waals surface area contributed by atoms with Crippen LogP contribution >= 0.6 is 27.5 Å². The molecule has 0 aliphatic heterocycles. The highest BCUT2D eigenvalue weighted by Crippen LogP contribution is 2.30. The summed E-state index contributed by atoms with van der Waals surface area (Å²) < 4.78 is 1.02. The van der Waals surface area contributed by atoms with Gasteiger partial charge in [-0.25, -0.2) is 0 Å². The minimum atomic E-state index is 0.700. The summed E-state index contributed by atoms with van der Waals surface area (Å²) in [7, 11) is 0. The zero-order valence-corrected chi connectivity index (χ0v) is 13.2. The lowest BCUT2D eigenvalue weighted by atomic mass is 9.84. The second-order valence-corrected chi connectivity index (χ2v) is 6.62. The van der Waals surface area contributed by atoms with Crippen LogP contribution in [0, 0.1) is 11.8 Å². The van der Waals surface area contributed by atoms with E-state index in [2.05, 4.69) is 41.2 Å². The van der Waals surface area contributed by atoms with Gasteiger partial charge in [-0.15, -0.1) is 0 Å². The summed E-state index contributed by atoms with van der Waals surface area (Å²) in [5.74, 6) is 1.41. The monoisotopic (exact) mass is 327 g/mol. The predicted molar refractivity (Wildman–Crippen MR) is 83.3 cm³/mol. The molecule has 0 spiro atoms. The lowest BCUT2D eigenvalue weighted by Gasteiger charge is -2.26. The molecule has 1 aliphatic rings. The Bertz CT molecular complexity index is 456. The molecule has 3 heteroatoms.